The molecule has 23 heavy (non-hydrogen) atoms. The van der Waals surface area contributed by atoms with Gasteiger partial charge in [-0.3, -0.25) is 4.79 Å². The largest absolute Gasteiger partial charge is 0.366 e. The first-order chi connectivity index (χ1) is 10.9. The third-order valence-electron chi connectivity index (χ3n) is 3.76. The average molecular weight is 319 g/mol. The highest BCUT2D eigenvalue weighted by atomic mass is 16.2. The van der Waals surface area contributed by atoms with Crippen molar-refractivity contribution in [1.82, 2.24) is 5.32 Å². The van der Waals surface area contributed by atoms with Gasteiger partial charge in [-0.25, -0.2) is 4.79 Å². The molecule has 0 atom stereocenters. The molecule has 0 saturated heterocycles. The van der Waals surface area contributed by atoms with Gasteiger partial charge in [0.25, 0.3) is 0 Å². The van der Waals surface area contributed by atoms with E-state index in [1.54, 1.807) is 18.2 Å². The second-order valence-electron chi connectivity index (χ2n) is 6.37. The van der Waals surface area contributed by atoms with Gasteiger partial charge in [-0.2, -0.15) is 0 Å². The molecule has 0 aromatic heterocycles. The highest BCUT2D eigenvalue weighted by Gasteiger charge is 2.07. The highest BCUT2D eigenvalue weighted by Crippen LogP contribution is 2.16. The van der Waals surface area contributed by atoms with E-state index in [2.05, 4.69) is 24.5 Å². The number of hydrogen-bond donors (Lipinski definition) is 3. The lowest BCUT2D eigenvalue weighted by atomic mass is 10.0. The lowest BCUT2D eigenvalue weighted by Gasteiger charge is -2.11. The van der Waals surface area contributed by atoms with Crippen molar-refractivity contribution >= 4 is 17.6 Å². The van der Waals surface area contributed by atoms with Crippen LogP contribution in [-0.2, 0) is 0 Å². The molecule has 5 nitrogen and oxygen atoms in total. The summed E-state index contributed by atoms with van der Waals surface area (Å²) >= 11 is 0. The molecule has 1 aromatic carbocycles. The van der Waals surface area contributed by atoms with Gasteiger partial charge in [-0.05, 0) is 37.0 Å². The normalized spacial score (nSPS) is 10.6. The number of nitrogens with two attached hydrogens (primary N) is 1. The monoisotopic (exact) mass is 319 g/mol. The summed E-state index contributed by atoms with van der Waals surface area (Å²) in [6.07, 6.45) is 5.84. The van der Waals surface area contributed by atoms with Gasteiger partial charge in [0.05, 0.1) is 0 Å². The van der Waals surface area contributed by atoms with Crippen LogP contribution in [0.2, 0.25) is 0 Å². The van der Waals surface area contributed by atoms with Gasteiger partial charge in [0.15, 0.2) is 0 Å². The second-order valence-corrected chi connectivity index (χ2v) is 6.37. The average Bonchev–Trinajstić information content (AvgIpc) is 2.48. The summed E-state index contributed by atoms with van der Waals surface area (Å²) in [4.78, 5) is 23.1. The van der Waals surface area contributed by atoms with Crippen molar-refractivity contribution in [2.24, 2.45) is 11.7 Å². The maximum Gasteiger partial charge on any atom is 0.319 e. The van der Waals surface area contributed by atoms with Crippen LogP contribution in [0.4, 0.5) is 10.5 Å². The lowest BCUT2D eigenvalue weighted by molar-refractivity contribution is 0.100. The van der Waals surface area contributed by atoms with Crippen LogP contribution < -0.4 is 16.4 Å². The molecule has 0 fully saturated rings. The van der Waals surface area contributed by atoms with Crippen molar-refractivity contribution < 1.29 is 9.59 Å². The molecule has 0 aliphatic rings. The molecular weight excluding hydrogens is 290 g/mol. The molecule has 0 aliphatic carbocycles. The first kappa shape index (κ1) is 19.0. The van der Waals surface area contributed by atoms with E-state index in [9.17, 15) is 9.59 Å². The van der Waals surface area contributed by atoms with Crippen LogP contribution in [0.1, 0.15) is 61.9 Å². The van der Waals surface area contributed by atoms with Gasteiger partial charge in [-0.1, -0.05) is 45.6 Å². The van der Waals surface area contributed by atoms with Gasteiger partial charge in [-0.15, -0.1) is 0 Å². The fourth-order valence-corrected chi connectivity index (χ4v) is 2.31. The summed E-state index contributed by atoms with van der Waals surface area (Å²) in [5, 5.41) is 5.61. The molecule has 0 aliphatic heterocycles. The van der Waals surface area contributed by atoms with Gasteiger partial charge in [0.1, 0.15) is 0 Å². The first-order valence-electron chi connectivity index (χ1n) is 8.35. The number of carbonyl (C=O) groups excluding carboxylic acids is 2. The maximum absolute atomic E-state index is 11.9. The standard InChI is InChI=1S/C18H29N3O2/c1-13(2)8-6-4-5-7-11-20-18(23)21-16-12-15(17(19)22)10-9-14(16)3/h9-10,12-13H,4-8,11H2,1-3H3,(H2,19,22)(H2,20,21,23). The van der Waals surface area contributed by atoms with Crippen molar-refractivity contribution in [1.29, 1.82) is 0 Å². The Balaban J connectivity index is 2.29. The number of rotatable bonds is 9. The van der Waals surface area contributed by atoms with Gasteiger partial charge >= 0.3 is 6.03 Å². The van der Waals surface area contributed by atoms with Crippen molar-refractivity contribution in [3.05, 3.63) is 29.3 Å². The van der Waals surface area contributed by atoms with E-state index >= 15 is 0 Å². The highest BCUT2D eigenvalue weighted by molar-refractivity contribution is 5.96. The number of nitrogens with one attached hydrogen (secondary N) is 2. The third kappa shape index (κ3) is 7.68. The van der Waals surface area contributed by atoms with Crippen LogP contribution in [0.3, 0.4) is 0 Å². The number of aryl methyl sites for hydroxylation is 1. The number of hydrogen-bond acceptors (Lipinski definition) is 2. The molecule has 0 radical (unpaired) electrons. The summed E-state index contributed by atoms with van der Waals surface area (Å²) in [5.74, 6) is 0.258. The maximum atomic E-state index is 11.9. The Morgan fingerprint density at radius 1 is 1.13 bits per heavy atom. The number of amides is 3. The van der Waals surface area contributed by atoms with Crippen molar-refractivity contribution in [3.8, 4) is 0 Å². The molecular formula is C18H29N3O2. The number of urea groups is 1. The van der Waals surface area contributed by atoms with Crippen LogP contribution in [-0.4, -0.2) is 18.5 Å². The minimum Gasteiger partial charge on any atom is -0.366 e. The topological polar surface area (TPSA) is 84.2 Å². The Morgan fingerprint density at radius 2 is 1.83 bits per heavy atom. The van der Waals surface area contributed by atoms with Gasteiger partial charge < -0.3 is 16.4 Å². The van der Waals surface area contributed by atoms with E-state index in [0.717, 1.165) is 24.3 Å². The number of benzene rings is 1. The molecule has 0 unspecified atom stereocenters. The fourth-order valence-electron chi connectivity index (χ4n) is 2.31. The van der Waals surface area contributed by atoms with E-state index in [-0.39, 0.29) is 6.03 Å². The minimum atomic E-state index is -0.505. The second kappa shape index (κ2) is 9.87. The number of carbonyl (C=O) groups is 2. The predicted molar refractivity (Wildman–Crippen MR) is 94.6 cm³/mol. The van der Waals surface area contributed by atoms with E-state index in [1.165, 1.54) is 19.3 Å². The van der Waals surface area contributed by atoms with E-state index in [1.807, 2.05) is 6.92 Å². The predicted octanol–water partition coefficient (Wildman–Crippen LogP) is 3.82. The molecule has 1 rings (SSSR count). The molecule has 128 valence electrons. The summed E-state index contributed by atoms with van der Waals surface area (Å²) in [5.41, 5.74) is 7.13. The van der Waals surface area contributed by atoms with E-state index in [0.29, 0.717) is 17.8 Å². The molecule has 0 spiro atoms. The van der Waals surface area contributed by atoms with Crippen LogP contribution >= 0.6 is 0 Å². The zero-order chi connectivity index (χ0) is 17.2. The Kier molecular flexibility index (Phi) is 8.16. The summed E-state index contributed by atoms with van der Waals surface area (Å²) in [7, 11) is 0. The number of primary amides is 1. The molecule has 0 saturated carbocycles. The Morgan fingerprint density at radius 3 is 2.48 bits per heavy atom. The Labute approximate surface area is 139 Å². The van der Waals surface area contributed by atoms with E-state index < -0.39 is 5.91 Å². The number of anilines is 1. The van der Waals surface area contributed by atoms with Gasteiger partial charge in [0.2, 0.25) is 5.91 Å². The van der Waals surface area contributed by atoms with Crippen LogP contribution in [0.25, 0.3) is 0 Å². The zero-order valence-electron chi connectivity index (χ0n) is 14.4. The van der Waals surface area contributed by atoms with E-state index in [4.69, 9.17) is 5.73 Å². The molecule has 1 aromatic rings. The minimum absolute atomic E-state index is 0.253. The Bertz CT molecular complexity index is 527. The van der Waals surface area contributed by atoms with Crippen molar-refractivity contribution in [3.63, 3.8) is 0 Å². The smallest absolute Gasteiger partial charge is 0.319 e. The van der Waals surface area contributed by atoms with Crippen molar-refractivity contribution in [2.75, 3.05) is 11.9 Å². The molecule has 0 heterocycles. The molecule has 4 N–H and O–H groups in total. The SMILES string of the molecule is Cc1ccc(C(N)=O)cc1NC(=O)NCCCCCCC(C)C. The van der Waals surface area contributed by atoms with Crippen LogP contribution in [0.5, 0.6) is 0 Å². The quantitative estimate of drug-likeness (QED) is 0.604. The summed E-state index contributed by atoms with van der Waals surface area (Å²) < 4.78 is 0. The number of unbranched alkanes of at least 4 members (excludes halogenated alkanes) is 3. The van der Waals surface area contributed by atoms with Crippen molar-refractivity contribution in [2.45, 2.75) is 52.9 Å². The first-order valence-corrected chi connectivity index (χ1v) is 8.35. The van der Waals surface area contributed by atoms with Crippen LogP contribution in [0.15, 0.2) is 18.2 Å². The third-order valence-corrected chi connectivity index (χ3v) is 3.76. The summed E-state index contributed by atoms with van der Waals surface area (Å²) in [6, 6.07) is 4.77. The molecule has 3 amide bonds. The molecule has 0 bridgehead atoms. The van der Waals surface area contributed by atoms with Crippen LogP contribution in [0, 0.1) is 12.8 Å². The van der Waals surface area contributed by atoms with Gasteiger partial charge in [0, 0.05) is 17.8 Å². The fraction of sp³-hybridized carbons (Fsp3) is 0.556. The summed E-state index contributed by atoms with van der Waals surface area (Å²) in [6.45, 7) is 7.00. The Hall–Kier alpha value is -2.04. The molecule has 5 heteroatoms. The lowest BCUT2D eigenvalue weighted by Crippen LogP contribution is -2.30. The zero-order valence-corrected chi connectivity index (χ0v) is 14.4.